The van der Waals surface area contributed by atoms with E-state index >= 15 is 0 Å². The molecule has 0 bridgehead atoms. The van der Waals surface area contributed by atoms with Crippen molar-refractivity contribution in [3.63, 3.8) is 0 Å². The molecule has 2 aliphatic heterocycles. The van der Waals surface area contributed by atoms with Gasteiger partial charge in [-0.15, -0.1) is 11.3 Å². The molecule has 7 heteroatoms. The van der Waals surface area contributed by atoms with Gasteiger partial charge < -0.3 is 19.5 Å². The number of fused-ring (bicyclic) bond motifs is 1. The Morgan fingerprint density at radius 2 is 2.08 bits per heavy atom. The molecular weight excluding hydrogens is 348 g/mol. The minimum atomic E-state index is -0.267. The molecule has 1 saturated heterocycles. The molecule has 136 valence electrons. The molecule has 6 nitrogen and oxygen atoms in total. The number of hydrogen-bond acceptors (Lipinski definition) is 5. The van der Waals surface area contributed by atoms with Crippen molar-refractivity contribution in [2.24, 2.45) is 7.05 Å². The van der Waals surface area contributed by atoms with Crippen LogP contribution >= 0.6 is 11.3 Å². The van der Waals surface area contributed by atoms with Gasteiger partial charge in [-0.25, -0.2) is 4.98 Å². The zero-order valence-electron chi connectivity index (χ0n) is 15.3. The van der Waals surface area contributed by atoms with Crippen molar-refractivity contribution in [3.05, 3.63) is 34.2 Å². The van der Waals surface area contributed by atoms with E-state index < -0.39 is 0 Å². The fourth-order valence-electron chi connectivity index (χ4n) is 3.38. The lowest BCUT2D eigenvalue weighted by atomic mass is 9.89. The van der Waals surface area contributed by atoms with Crippen LogP contribution in [-0.2, 0) is 18.2 Å². The Hall–Kier alpha value is -2.30. The second kappa shape index (κ2) is 6.45. The molecule has 0 radical (unpaired) electrons. The number of nitrogens with zero attached hydrogens (tertiary/aromatic N) is 3. The Labute approximate surface area is 157 Å². The normalized spacial score (nSPS) is 18.7. The first kappa shape index (κ1) is 17.1. The third-order valence-corrected chi connectivity index (χ3v) is 5.99. The summed E-state index contributed by atoms with van der Waals surface area (Å²) in [6.07, 6.45) is 4.29. The minimum Gasteiger partial charge on any atom is -0.378 e. The number of anilines is 1. The number of amides is 1. The predicted molar refractivity (Wildman–Crippen MR) is 102 cm³/mol. The summed E-state index contributed by atoms with van der Waals surface area (Å²) in [5.74, 6) is 6.60. The van der Waals surface area contributed by atoms with Gasteiger partial charge in [-0.05, 0) is 31.8 Å². The van der Waals surface area contributed by atoms with Crippen LogP contribution in [0.15, 0.2) is 12.5 Å². The maximum atomic E-state index is 12.6. The quantitative estimate of drug-likeness (QED) is 0.778. The van der Waals surface area contributed by atoms with Crippen LogP contribution < -0.4 is 10.2 Å². The largest absolute Gasteiger partial charge is 0.378 e. The highest BCUT2D eigenvalue weighted by Gasteiger charge is 2.35. The molecule has 2 aromatic heterocycles. The fourth-order valence-corrected chi connectivity index (χ4v) is 4.60. The molecule has 2 aromatic rings. The first-order chi connectivity index (χ1) is 12.4. The van der Waals surface area contributed by atoms with Crippen LogP contribution in [-0.4, -0.2) is 47.3 Å². The highest BCUT2D eigenvalue weighted by atomic mass is 32.1. The Balaban J connectivity index is 1.83. The number of carbonyl (C=O) groups is 1. The lowest BCUT2D eigenvalue weighted by Crippen LogP contribution is -2.48. The van der Waals surface area contributed by atoms with Crippen molar-refractivity contribution in [2.45, 2.75) is 25.8 Å². The number of carbonyl (C=O) groups excluding carboxylic acids is 1. The zero-order valence-corrected chi connectivity index (χ0v) is 16.1. The topological polar surface area (TPSA) is 59.4 Å². The SMILES string of the molecule is Cn1cncc1C#Cc1c(N2CCOCC2)sc2c1CC(C)(C)NC2=O. The van der Waals surface area contributed by atoms with E-state index in [2.05, 4.69) is 40.9 Å². The number of hydrogen-bond donors (Lipinski definition) is 1. The molecule has 0 atom stereocenters. The number of nitrogens with one attached hydrogen (secondary N) is 1. The van der Waals surface area contributed by atoms with Crippen LogP contribution in [0.3, 0.4) is 0 Å². The molecule has 0 saturated carbocycles. The predicted octanol–water partition coefficient (Wildman–Crippen LogP) is 1.78. The van der Waals surface area contributed by atoms with Crippen molar-refractivity contribution in [1.82, 2.24) is 14.9 Å². The van der Waals surface area contributed by atoms with Gasteiger partial charge in [0.25, 0.3) is 5.91 Å². The van der Waals surface area contributed by atoms with Crippen molar-refractivity contribution < 1.29 is 9.53 Å². The smallest absolute Gasteiger partial charge is 0.262 e. The molecule has 1 N–H and O–H groups in total. The van der Waals surface area contributed by atoms with E-state index in [9.17, 15) is 4.79 Å². The number of aromatic nitrogens is 2. The molecule has 4 rings (SSSR count). The number of thiophene rings is 1. The van der Waals surface area contributed by atoms with Gasteiger partial charge in [0, 0.05) is 25.7 Å². The maximum absolute atomic E-state index is 12.6. The monoisotopic (exact) mass is 370 g/mol. The lowest BCUT2D eigenvalue weighted by Gasteiger charge is -2.30. The first-order valence-electron chi connectivity index (χ1n) is 8.74. The molecule has 2 aliphatic rings. The number of aryl methyl sites for hydroxylation is 1. The summed E-state index contributed by atoms with van der Waals surface area (Å²) >= 11 is 1.55. The van der Waals surface area contributed by atoms with E-state index in [1.54, 1.807) is 23.9 Å². The van der Waals surface area contributed by atoms with Crippen LogP contribution in [0, 0.1) is 11.8 Å². The lowest BCUT2D eigenvalue weighted by molar-refractivity contribution is 0.0902. The van der Waals surface area contributed by atoms with Crippen molar-refractivity contribution >= 4 is 22.2 Å². The van der Waals surface area contributed by atoms with E-state index in [4.69, 9.17) is 4.74 Å². The molecule has 26 heavy (non-hydrogen) atoms. The first-order valence-corrected chi connectivity index (χ1v) is 9.55. The number of imidazole rings is 1. The van der Waals surface area contributed by atoms with Gasteiger partial charge in [0.1, 0.15) is 10.7 Å². The average molecular weight is 370 g/mol. The molecular formula is C19H22N4O2S. The summed E-state index contributed by atoms with van der Waals surface area (Å²) in [5.41, 5.74) is 2.64. The zero-order chi connectivity index (χ0) is 18.3. The van der Waals surface area contributed by atoms with Gasteiger partial charge in [-0.3, -0.25) is 4.79 Å². The highest BCUT2D eigenvalue weighted by molar-refractivity contribution is 7.18. The van der Waals surface area contributed by atoms with Gasteiger partial charge in [-0.1, -0.05) is 5.92 Å². The van der Waals surface area contributed by atoms with E-state index in [0.717, 1.165) is 46.2 Å². The summed E-state index contributed by atoms with van der Waals surface area (Å²) in [7, 11) is 1.93. The maximum Gasteiger partial charge on any atom is 0.262 e. The van der Waals surface area contributed by atoms with Crippen LogP contribution in [0.2, 0.25) is 0 Å². The van der Waals surface area contributed by atoms with Crippen LogP contribution in [0.25, 0.3) is 0 Å². The Morgan fingerprint density at radius 1 is 1.31 bits per heavy atom. The molecule has 1 fully saturated rings. The second-order valence-corrected chi connectivity index (χ2v) is 8.34. The van der Waals surface area contributed by atoms with Crippen LogP contribution in [0.5, 0.6) is 0 Å². The minimum absolute atomic E-state index is 0.00402. The van der Waals surface area contributed by atoms with Gasteiger partial charge >= 0.3 is 0 Å². The Morgan fingerprint density at radius 3 is 2.77 bits per heavy atom. The molecule has 0 aromatic carbocycles. The standard InChI is InChI=1S/C19H22N4O2S/c1-19(2)10-15-14(5-4-13-11-20-12-22(13)3)18(23-6-8-25-9-7-23)26-16(15)17(24)21-19/h11-12H,6-10H2,1-3H3,(H,21,24). The summed E-state index contributed by atoms with van der Waals surface area (Å²) < 4.78 is 7.39. The van der Waals surface area contributed by atoms with Crippen molar-refractivity contribution in [2.75, 3.05) is 31.2 Å². The third kappa shape index (κ3) is 3.11. The van der Waals surface area contributed by atoms with E-state index in [1.165, 1.54) is 0 Å². The van der Waals surface area contributed by atoms with E-state index in [-0.39, 0.29) is 11.4 Å². The molecule has 1 amide bonds. The van der Waals surface area contributed by atoms with E-state index in [0.29, 0.717) is 13.2 Å². The van der Waals surface area contributed by atoms with E-state index in [1.807, 2.05) is 11.6 Å². The molecule has 4 heterocycles. The summed E-state index contributed by atoms with van der Waals surface area (Å²) in [6, 6.07) is 0. The molecule has 0 aliphatic carbocycles. The summed E-state index contributed by atoms with van der Waals surface area (Å²) in [4.78, 5) is 19.8. The summed E-state index contributed by atoms with van der Waals surface area (Å²) in [5, 5.41) is 4.18. The van der Waals surface area contributed by atoms with Gasteiger partial charge in [0.05, 0.1) is 36.2 Å². The van der Waals surface area contributed by atoms with Gasteiger partial charge in [0.2, 0.25) is 0 Å². The van der Waals surface area contributed by atoms with Gasteiger partial charge in [-0.2, -0.15) is 0 Å². The number of rotatable bonds is 1. The van der Waals surface area contributed by atoms with Crippen LogP contribution in [0.1, 0.15) is 40.3 Å². The second-order valence-electron chi connectivity index (χ2n) is 7.34. The fraction of sp³-hybridized carbons (Fsp3) is 0.474. The molecule has 0 spiro atoms. The number of morpholine rings is 1. The highest BCUT2D eigenvalue weighted by Crippen LogP contribution is 2.40. The molecule has 0 unspecified atom stereocenters. The Kier molecular flexibility index (Phi) is 4.25. The average Bonchev–Trinajstić information content (AvgIpc) is 3.16. The Bertz CT molecular complexity index is 910. The third-order valence-electron chi connectivity index (χ3n) is 4.70. The van der Waals surface area contributed by atoms with Crippen LogP contribution in [0.4, 0.5) is 5.00 Å². The summed E-state index contributed by atoms with van der Waals surface area (Å²) in [6.45, 7) is 7.16. The van der Waals surface area contributed by atoms with Crippen molar-refractivity contribution in [1.29, 1.82) is 0 Å². The van der Waals surface area contributed by atoms with Crippen molar-refractivity contribution in [3.8, 4) is 11.8 Å². The number of ether oxygens (including phenoxy) is 1. The van der Waals surface area contributed by atoms with Gasteiger partial charge in [0.15, 0.2) is 0 Å².